The van der Waals surface area contributed by atoms with Gasteiger partial charge in [-0.3, -0.25) is 0 Å². The van der Waals surface area contributed by atoms with Crippen LogP contribution in [0.1, 0.15) is 11.1 Å². The minimum atomic E-state index is -3.96. The zero-order chi connectivity index (χ0) is 14.1. The molecule has 7 heteroatoms. The van der Waals surface area contributed by atoms with E-state index in [1.807, 2.05) is 0 Å². The van der Waals surface area contributed by atoms with E-state index < -0.39 is 10.0 Å². The lowest BCUT2D eigenvalue weighted by atomic mass is 10.1. The second-order valence-electron chi connectivity index (χ2n) is 4.14. The number of aryl methyl sites for hydroxylation is 1. The SMILES string of the molecule is Cc1cc(O)c(S(=O)(=O)/N=C/N(C)C)c(C)c1Cl. The summed E-state index contributed by atoms with van der Waals surface area (Å²) in [4.78, 5) is 1.23. The van der Waals surface area contributed by atoms with Gasteiger partial charge in [0.25, 0.3) is 10.0 Å². The van der Waals surface area contributed by atoms with Crippen LogP contribution in [0.2, 0.25) is 5.02 Å². The smallest absolute Gasteiger partial charge is 0.287 e. The highest BCUT2D eigenvalue weighted by Gasteiger charge is 2.23. The van der Waals surface area contributed by atoms with Crippen molar-refractivity contribution in [2.45, 2.75) is 18.7 Å². The first-order chi connectivity index (χ1) is 8.16. The Morgan fingerprint density at radius 2 is 1.94 bits per heavy atom. The first-order valence-electron chi connectivity index (χ1n) is 5.12. The maximum Gasteiger partial charge on any atom is 0.287 e. The topological polar surface area (TPSA) is 70.0 Å². The van der Waals surface area contributed by atoms with Crippen molar-refractivity contribution in [3.05, 3.63) is 22.2 Å². The van der Waals surface area contributed by atoms with Gasteiger partial charge < -0.3 is 10.0 Å². The molecule has 0 unspecified atom stereocenters. The molecule has 0 aliphatic heterocycles. The van der Waals surface area contributed by atoms with Crippen LogP contribution in [0, 0.1) is 13.8 Å². The summed E-state index contributed by atoms with van der Waals surface area (Å²) in [6, 6.07) is 1.31. The Labute approximate surface area is 112 Å². The van der Waals surface area contributed by atoms with Gasteiger partial charge >= 0.3 is 0 Å². The first-order valence-corrected chi connectivity index (χ1v) is 6.94. The van der Waals surface area contributed by atoms with Gasteiger partial charge in [0, 0.05) is 19.1 Å². The number of benzene rings is 1. The number of rotatable bonds is 3. The van der Waals surface area contributed by atoms with E-state index in [1.165, 1.54) is 17.9 Å². The van der Waals surface area contributed by atoms with Crippen LogP contribution in [0.15, 0.2) is 15.4 Å². The van der Waals surface area contributed by atoms with Crippen molar-refractivity contribution in [3.8, 4) is 5.75 Å². The summed E-state index contributed by atoms with van der Waals surface area (Å²) in [5, 5.41) is 10.1. The molecule has 18 heavy (non-hydrogen) atoms. The van der Waals surface area contributed by atoms with Gasteiger partial charge in [-0.2, -0.15) is 8.42 Å². The molecule has 0 aliphatic rings. The number of sulfonamides is 1. The fraction of sp³-hybridized carbons (Fsp3) is 0.364. The predicted molar refractivity (Wildman–Crippen MR) is 72.0 cm³/mol. The molecule has 0 aromatic heterocycles. The molecular weight excluding hydrogens is 276 g/mol. The van der Waals surface area contributed by atoms with Crippen molar-refractivity contribution in [3.63, 3.8) is 0 Å². The Morgan fingerprint density at radius 3 is 2.44 bits per heavy atom. The maximum atomic E-state index is 12.0. The third-order valence-corrected chi connectivity index (χ3v) is 4.26. The van der Waals surface area contributed by atoms with E-state index in [0.29, 0.717) is 16.1 Å². The van der Waals surface area contributed by atoms with Gasteiger partial charge in [-0.15, -0.1) is 4.40 Å². The zero-order valence-electron chi connectivity index (χ0n) is 10.6. The molecule has 0 amide bonds. The van der Waals surface area contributed by atoms with E-state index in [9.17, 15) is 13.5 Å². The van der Waals surface area contributed by atoms with Gasteiger partial charge in [0.05, 0.1) is 0 Å². The summed E-state index contributed by atoms with van der Waals surface area (Å²) in [5.74, 6) is -0.342. The molecule has 0 spiro atoms. The fourth-order valence-corrected chi connectivity index (χ4v) is 2.89. The van der Waals surface area contributed by atoms with Crippen molar-refractivity contribution in [2.24, 2.45) is 4.40 Å². The van der Waals surface area contributed by atoms with Crippen LogP contribution in [0.4, 0.5) is 0 Å². The zero-order valence-corrected chi connectivity index (χ0v) is 12.2. The maximum absolute atomic E-state index is 12.0. The molecule has 1 aromatic rings. The molecule has 100 valence electrons. The highest BCUT2D eigenvalue weighted by molar-refractivity contribution is 7.90. The van der Waals surface area contributed by atoms with Crippen LogP contribution in [-0.4, -0.2) is 38.9 Å². The summed E-state index contributed by atoms with van der Waals surface area (Å²) < 4.78 is 27.5. The average molecular weight is 291 g/mol. The van der Waals surface area contributed by atoms with E-state index in [4.69, 9.17) is 11.6 Å². The molecule has 0 saturated heterocycles. The van der Waals surface area contributed by atoms with Gasteiger partial charge in [0.15, 0.2) is 0 Å². The van der Waals surface area contributed by atoms with E-state index in [1.54, 1.807) is 21.0 Å². The van der Waals surface area contributed by atoms with Gasteiger partial charge in [-0.05, 0) is 31.0 Å². The lowest BCUT2D eigenvalue weighted by Crippen LogP contribution is -2.11. The van der Waals surface area contributed by atoms with Crippen LogP contribution in [0.5, 0.6) is 5.75 Å². The number of phenols is 1. The molecule has 0 fully saturated rings. The molecule has 1 rings (SSSR count). The number of halogens is 1. The highest BCUT2D eigenvalue weighted by atomic mass is 35.5. The molecule has 0 saturated carbocycles. The molecule has 0 radical (unpaired) electrons. The van der Waals surface area contributed by atoms with Crippen molar-refractivity contribution >= 4 is 28.0 Å². The van der Waals surface area contributed by atoms with Gasteiger partial charge in [0.1, 0.15) is 17.0 Å². The number of nitrogens with zero attached hydrogens (tertiary/aromatic N) is 2. The van der Waals surface area contributed by atoms with Crippen LogP contribution in [-0.2, 0) is 10.0 Å². The van der Waals surface area contributed by atoms with E-state index in [2.05, 4.69) is 4.40 Å². The van der Waals surface area contributed by atoms with Crippen molar-refractivity contribution in [2.75, 3.05) is 14.1 Å². The van der Waals surface area contributed by atoms with Crippen LogP contribution in [0.3, 0.4) is 0 Å². The summed E-state index contributed by atoms with van der Waals surface area (Å²) in [7, 11) is -0.669. The minimum Gasteiger partial charge on any atom is -0.506 e. The normalized spacial score (nSPS) is 12.1. The number of hydrogen-bond acceptors (Lipinski definition) is 3. The van der Waals surface area contributed by atoms with Crippen molar-refractivity contribution in [1.29, 1.82) is 0 Å². The molecule has 0 atom stereocenters. The summed E-state index contributed by atoms with van der Waals surface area (Å²) in [6.45, 7) is 3.22. The van der Waals surface area contributed by atoms with Crippen LogP contribution >= 0.6 is 11.6 Å². The van der Waals surface area contributed by atoms with E-state index in [-0.39, 0.29) is 10.6 Å². The van der Waals surface area contributed by atoms with Gasteiger partial charge in [-0.25, -0.2) is 0 Å². The largest absolute Gasteiger partial charge is 0.506 e. The van der Waals surface area contributed by atoms with E-state index >= 15 is 0 Å². The average Bonchev–Trinajstić information content (AvgIpc) is 2.23. The van der Waals surface area contributed by atoms with Gasteiger partial charge in [0.2, 0.25) is 0 Å². The summed E-state index contributed by atoms with van der Waals surface area (Å²) >= 11 is 5.99. The quantitative estimate of drug-likeness (QED) is 0.682. The Bertz CT molecular complexity index is 595. The Hall–Kier alpha value is -1.27. The molecular formula is C11H15ClN2O3S. The molecule has 5 nitrogen and oxygen atoms in total. The van der Waals surface area contributed by atoms with Crippen molar-refractivity contribution < 1.29 is 13.5 Å². The lowest BCUT2D eigenvalue weighted by molar-refractivity contribution is 0.457. The highest BCUT2D eigenvalue weighted by Crippen LogP contribution is 2.34. The van der Waals surface area contributed by atoms with Gasteiger partial charge in [-0.1, -0.05) is 11.6 Å². The minimum absolute atomic E-state index is 0.254. The van der Waals surface area contributed by atoms with Crippen LogP contribution < -0.4 is 0 Å². The summed E-state index contributed by atoms with van der Waals surface area (Å²) in [5.41, 5.74) is 0.910. The standard InChI is InChI=1S/C11H15ClN2O3S/c1-7-5-9(15)11(8(2)10(7)12)18(16,17)13-6-14(3)4/h5-6,15H,1-4H3/b13-6+. The fourth-order valence-electron chi connectivity index (χ4n) is 1.46. The first kappa shape index (κ1) is 14.8. The molecule has 1 aromatic carbocycles. The Balaban J connectivity index is 3.47. The monoisotopic (exact) mass is 290 g/mol. The second kappa shape index (κ2) is 5.16. The van der Waals surface area contributed by atoms with Crippen LogP contribution in [0.25, 0.3) is 0 Å². The Kier molecular flexibility index (Phi) is 4.24. The Morgan fingerprint density at radius 1 is 1.39 bits per heavy atom. The number of hydrogen-bond donors (Lipinski definition) is 1. The molecule has 0 bridgehead atoms. The summed E-state index contributed by atoms with van der Waals surface area (Å²) in [6.07, 6.45) is 1.15. The molecule has 0 heterocycles. The lowest BCUT2D eigenvalue weighted by Gasteiger charge is -2.11. The third kappa shape index (κ3) is 2.94. The predicted octanol–water partition coefficient (Wildman–Crippen LogP) is 1.94. The second-order valence-corrected chi connectivity index (χ2v) is 6.09. The van der Waals surface area contributed by atoms with Crippen molar-refractivity contribution in [1.82, 2.24) is 4.90 Å². The number of phenolic OH excluding ortho intramolecular Hbond substituents is 1. The number of aromatic hydroxyl groups is 1. The third-order valence-electron chi connectivity index (χ3n) is 2.28. The molecule has 1 N–H and O–H groups in total. The molecule has 0 aliphatic carbocycles. The van der Waals surface area contributed by atoms with E-state index in [0.717, 1.165) is 6.34 Å².